The van der Waals surface area contributed by atoms with Gasteiger partial charge in [0.25, 0.3) is 0 Å². The highest BCUT2D eigenvalue weighted by atomic mass is 32.2. The molecule has 0 aliphatic rings. The van der Waals surface area contributed by atoms with Gasteiger partial charge in [0.1, 0.15) is 0 Å². The number of carbonyl (C=O) groups is 2. The lowest BCUT2D eigenvalue weighted by Gasteiger charge is -2.20. The Morgan fingerprint density at radius 2 is 1.82 bits per heavy atom. The van der Waals surface area contributed by atoms with Crippen LogP contribution in [0, 0.1) is 18.3 Å². The van der Waals surface area contributed by atoms with Gasteiger partial charge in [-0.1, -0.05) is 38.1 Å². The van der Waals surface area contributed by atoms with Crippen LogP contribution in [0.5, 0.6) is 0 Å². The van der Waals surface area contributed by atoms with Gasteiger partial charge in [-0.15, -0.1) is 0 Å². The number of hydrogen-bond acceptors (Lipinski definition) is 6. The lowest BCUT2D eigenvalue weighted by molar-refractivity contribution is 0.0475. The van der Waals surface area contributed by atoms with Crippen molar-refractivity contribution in [3.63, 3.8) is 0 Å². The van der Waals surface area contributed by atoms with Crippen molar-refractivity contribution in [2.45, 2.75) is 38.6 Å². The zero-order valence-corrected chi connectivity index (χ0v) is 20.3. The van der Waals surface area contributed by atoms with Crippen molar-refractivity contribution < 1.29 is 22.7 Å². The molecule has 0 amide bonds. The van der Waals surface area contributed by atoms with Gasteiger partial charge in [-0.2, -0.15) is 9.57 Å². The molecule has 8 nitrogen and oxygen atoms in total. The van der Waals surface area contributed by atoms with E-state index in [1.807, 2.05) is 22.8 Å². The van der Waals surface area contributed by atoms with E-state index in [-0.39, 0.29) is 16.2 Å². The van der Waals surface area contributed by atoms with Crippen LogP contribution in [0.25, 0.3) is 10.9 Å². The Kier molecular flexibility index (Phi) is 7.87. The highest BCUT2D eigenvalue weighted by molar-refractivity contribution is 7.89. The van der Waals surface area contributed by atoms with Crippen molar-refractivity contribution in [2.75, 3.05) is 19.7 Å². The summed E-state index contributed by atoms with van der Waals surface area (Å²) in [6.07, 6.45) is 1.96. The number of rotatable bonds is 10. The number of Topliss-reactive ketones (excluding diaryl/α,β-unsaturated/α-hetero) is 1. The molecule has 0 saturated heterocycles. The fraction of sp³-hybridized carbons (Fsp3) is 0.320. The molecule has 3 rings (SSSR count). The molecule has 0 radical (unpaired) electrons. The molecule has 0 bridgehead atoms. The summed E-state index contributed by atoms with van der Waals surface area (Å²) in [5.74, 6) is -1.17. The molecule has 0 aliphatic heterocycles. The van der Waals surface area contributed by atoms with Crippen molar-refractivity contribution >= 4 is 32.7 Å². The van der Waals surface area contributed by atoms with Crippen LogP contribution in [0.15, 0.2) is 53.6 Å². The van der Waals surface area contributed by atoms with E-state index in [1.165, 1.54) is 16.4 Å². The first kappa shape index (κ1) is 25.1. The van der Waals surface area contributed by atoms with Crippen molar-refractivity contribution in [2.24, 2.45) is 0 Å². The standard InChI is InChI=1S/C25H27N3O5S/c1-4-28(5-2)34(31,32)24-15-19(12-11-18(24)3)25(30)33-17-23(29)21-16-27(14-8-13-26)22-10-7-6-9-20(21)22/h6-7,9-12,15-16H,4-5,8,14,17H2,1-3H3. The van der Waals surface area contributed by atoms with E-state index in [1.54, 1.807) is 39.1 Å². The van der Waals surface area contributed by atoms with E-state index in [9.17, 15) is 18.0 Å². The number of ether oxygens (including phenoxy) is 1. The number of nitriles is 1. The number of aromatic nitrogens is 1. The smallest absolute Gasteiger partial charge is 0.338 e. The van der Waals surface area contributed by atoms with Gasteiger partial charge in [-0.05, 0) is 30.7 Å². The van der Waals surface area contributed by atoms with Crippen molar-refractivity contribution in [1.82, 2.24) is 8.87 Å². The molecule has 1 heterocycles. The van der Waals surface area contributed by atoms with Gasteiger partial charge in [0.15, 0.2) is 6.61 Å². The quantitative estimate of drug-likeness (QED) is 0.321. The van der Waals surface area contributed by atoms with Crippen LogP contribution >= 0.6 is 0 Å². The number of aryl methyl sites for hydroxylation is 2. The van der Waals surface area contributed by atoms with Crippen molar-refractivity contribution in [3.8, 4) is 6.07 Å². The lowest BCUT2D eigenvalue weighted by atomic mass is 10.1. The van der Waals surface area contributed by atoms with Gasteiger partial charge in [0.2, 0.25) is 15.8 Å². The molecule has 0 N–H and O–H groups in total. The second-order valence-electron chi connectivity index (χ2n) is 7.73. The fourth-order valence-corrected chi connectivity index (χ4v) is 5.53. The zero-order valence-electron chi connectivity index (χ0n) is 19.4. The molecule has 0 unspecified atom stereocenters. The molecule has 9 heteroatoms. The maximum atomic E-state index is 12.9. The second kappa shape index (κ2) is 10.6. The average Bonchev–Trinajstić information content (AvgIpc) is 3.20. The third kappa shape index (κ3) is 5.03. The highest BCUT2D eigenvalue weighted by Crippen LogP contribution is 2.24. The Morgan fingerprint density at radius 3 is 2.50 bits per heavy atom. The minimum Gasteiger partial charge on any atom is -0.454 e. The van der Waals surface area contributed by atoms with Crippen LogP contribution in [0.3, 0.4) is 0 Å². The van der Waals surface area contributed by atoms with Crippen LogP contribution in [-0.4, -0.2) is 48.7 Å². The van der Waals surface area contributed by atoms with Gasteiger partial charge in [0.05, 0.1) is 22.9 Å². The van der Waals surface area contributed by atoms with Crippen LogP contribution in [0.4, 0.5) is 0 Å². The molecule has 178 valence electrons. The Balaban J connectivity index is 1.81. The maximum absolute atomic E-state index is 12.9. The van der Waals surface area contributed by atoms with Gasteiger partial charge in [-0.25, -0.2) is 13.2 Å². The number of esters is 1. The molecular weight excluding hydrogens is 454 g/mol. The number of carbonyl (C=O) groups excluding carboxylic acids is 2. The predicted octanol–water partition coefficient (Wildman–Crippen LogP) is 3.93. The molecular formula is C25H27N3O5S. The molecule has 2 aromatic carbocycles. The van der Waals surface area contributed by atoms with Crippen LogP contribution in [0.2, 0.25) is 0 Å². The summed E-state index contributed by atoms with van der Waals surface area (Å²) < 4.78 is 34.3. The third-order valence-electron chi connectivity index (χ3n) is 5.63. The maximum Gasteiger partial charge on any atom is 0.338 e. The molecule has 34 heavy (non-hydrogen) atoms. The molecule has 0 spiro atoms. The monoisotopic (exact) mass is 481 g/mol. The molecule has 0 fully saturated rings. The van der Waals surface area contributed by atoms with Crippen molar-refractivity contribution in [1.29, 1.82) is 5.26 Å². The first-order valence-corrected chi connectivity index (χ1v) is 12.4. The SMILES string of the molecule is CCN(CC)S(=O)(=O)c1cc(C(=O)OCC(=O)c2cn(CCC#N)c3ccccc23)ccc1C. The first-order chi connectivity index (χ1) is 16.2. The molecule has 0 atom stereocenters. The van der Waals surface area contributed by atoms with Crippen LogP contribution in [-0.2, 0) is 21.3 Å². The number of fused-ring (bicyclic) bond motifs is 1. The van der Waals surface area contributed by atoms with E-state index in [0.29, 0.717) is 42.6 Å². The van der Waals surface area contributed by atoms with Gasteiger partial charge >= 0.3 is 5.97 Å². The molecule has 1 aromatic heterocycles. The minimum atomic E-state index is -3.76. The van der Waals surface area contributed by atoms with E-state index in [0.717, 1.165) is 5.52 Å². The number of para-hydroxylation sites is 1. The molecule has 3 aromatic rings. The zero-order chi connectivity index (χ0) is 24.9. The number of benzene rings is 2. The topological polar surface area (TPSA) is 109 Å². The number of hydrogen-bond donors (Lipinski definition) is 0. The van der Waals surface area contributed by atoms with E-state index in [4.69, 9.17) is 10.00 Å². The van der Waals surface area contributed by atoms with Crippen molar-refractivity contribution in [3.05, 3.63) is 65.4 Å². The van der Waals surface area contributed by atoms with Crippen LogP contribution < -0.4 is 0 Å². The lowest BCUT2D eigenvalue weighted by Crippen LogP contribution is -2.31. The molecule has 0 aliphatic carbocycles. The number of sulfonamides is 1. The first-order valence-electron chi connectivity index (χ1n) is 11.0. The van der Waals surface area contributed by atoms with Crippen LogP contribution in [0.1, 0.15) is 46.5 Å². The largest absolute Gasteiger partial charge is 0.454 e. The summed E-state index contributed by atoms with van der Waals surface area (Å²) >= 11 is 0. The summed E-state index contributed by atoms with van der Waals surface area (Å²) in [5.41, 5.74) is 1.79. The normalized spacial score (nSPS) is 11.5. The second-order valence-corrected chi connectivity index (χ2v) is 9.64. The Morgan fingerprint density at radius 1 is 1.12 bits per heavy atom. The minimum absolute atomic E-state index is 0.0394. The third-order valence-corrected chi connectivity index (χ3v) is 7.83. The predicted molar refractivity (Wildman–Crippen MR) is 128 cm³/mol. The van der Waals surface area contributed by atoms with E-state index >= 15 is 0 Å². The van der Waals surface area contributed by atoms with Gasteiger partial charge in [0, 0.05) is 42.3 Å². The van der Waals surface area contributed by atoms with Gasteiger partial charge in [-0.3, -0.25) is 4.79 Å². The van der Waals surface area contributed by atoms with Gasteiger partial charge < -0.3 is 9.30 Å². The summed E-state index contributed by atoms with van der Waals surface area (Å²) in [7, 11) is -3.76. The number of ketones is 1. The summed E-state index contributed by atoms with van der Waals surface area (Å²) in [5, 5.41) is 9.60. The highest BCUT2D eigenvalue weighted by Gasteiger charge is 2.25. The van der Waals surface area contributed by atoms with E-state index < -0.39 is 22.6 Å². The summed E-state index contributed by atoms with van der Waals surface area (Å²) in [6.45, 7) is 5.73. The number of nitrogens with zero attached hydrogens (tertiary/aromatic N) is 3. The Labute approximate surface area is 199 Å². The fourth-order valence-electron chi connectivity index (χ4n) is 3.82. The Hall–Kier alpha value is -3.48. The average molecular weight is 482 g/mol. The Bertz CT molecular complexity index is 1360. The summed E-state index contributed by atoms with van der Waals surface area (Å²) in [4.78, 5) is 25.6. The summed E-state index contributed by atoms with van der Waals surface area (Å²) in [6, 6.07) is 13.7. The van der Waals surface area contributed by atoms with E-state index in [2.05, 4.69) is 6.07 Å². The molecule has 0 saturated carbocycles.